The lowest BCUT2D eigenvalue weighted by Gasteiger charge is -2.13. The second-order valence-corrected chi connectivity index (χ2v) is 9.02. The van der Waals surface area contributed by atoms with Gasteiger partial charge >= 0.3 is 5.97 Å². The highest BCUT2D eigenvalue weighted by Crippen LogP contribution is 2.33. The van der Waals surface area contributed by atoms with E-state index in [0.717, 1.165) is 12.1 Å². The van der Waals surface area contributed by atoms with Crippen LogP contribution in [0.25, 0.3) is 0 Å². The van der Waals surface area contributed by atoms with E-state index in [1.165, 1.54) is 33.1 Å². The molecule has 0 aliphatic carbocycles. The van der Waals surface area contributed by atoms with Crippen molar-refractivity contribution in [1.82, 2.24) is 0 Å². The van der Waals surface area contributed by atoms with Crippen LogP contribution in [0.15, 0.2) is 24.3 Å². The summed E-state index contributed by atoms with van der Waals surface area (Å²) in [7, 11) is 1.20. The Morgan fingerprint density at radius 3 is 1.66 bits per heavy atom. The number of alkyl halides is 3. The van der Waals surface area contributed by atoms with Crippen LogP contribution < -0.4 is 0 Å². The molecule has 0 atom stereocenters. The van der Waals surface area contributed by atoms with E-state index in [4.69, 9.17) is 34.8 Å². The first-order valence-corrected chi connectivity index (χ1v) is 9.80. The number of methoxy groups -OCH3 is 1. The largest absolute Gasteiger partial charge is 0.469 e. The fourth-order valence-electron chi connectivity index (χ4n) is 2.59. The van der Waals surface area contributed by atoms with Gasteiger partial charge in [-0.1, -0.05) is 34.8 Å². The van der Waals surface area contributed by atoms with Gasteiger partial charge in [0.25, 0.3) is 11.4 Å². The average molecular weight is 514 g/mol. The molecule has 0 N–H and O–H groups in total. The number of ether oxygens (including phenoxy) is 1. The Morgan fingerprint density at radius 2 is 1.34 bits per heavy atom. The van der Waals surface area contributed by atoms with Gasteiger partial charge in [0.2, 0.25) is 0 Å². The predicted octanol–water partition coefficient (Wildman–Crippen LogP) is 5.71. The van der Waals surface area contributed by atoms with Crippen LogP contribution in [0.2, 0.25) is 0 Å². The first-order valence-electron chi connectivity index (χ1n) is 8.66. The van der Waals surface area contributed by atoms with Crippen molar-refractivity contribution < 1.29 is 28.2 Å². The maximum Gasteiger partial charge on any atom is 0.310 e. The zero-order valence-corrected chi connectivity index (χ0v) is 19.2. The Balaban J connectivity index is 0.000000320. The molecule has 0 fully saturated rings. The Hall–Kier alpha value is -2.56. The van der Waals surface area contributed by atoms with E-state index in [1.807, 2.05) is 0 Å². The van der Waals surface area contributed by atoms with Crippen molar-refractivity contribution in [3.8, 4) is 0 Å². The second-order valence-electron chi connectivity index (χ2n) is 6.51. The van der Waals surface area contributed by atoms with Gasteiger partial charge in [0.15, 0.2) is 3.79 Å². The van der Waals surface area contributed by atoms with E-state index >= 15 is 0 Å². The summed E-state index contributed by atoms with van der Waals surface area (Å²) in [6.45, 7) is 3.04. The molecule has 2 aromatic rings. The van der Waals surface area contributed by atoms with E-state index in [9.17, 15) is 33.8 Å². The number of benzene rings is 2. The van der Waals surface area contributed by atoms with Crippen LogP contribution in [0, 0.1) is 45.7 Å². The van der Waals surface area contributed by atoms with Crippen molar-refractivity contribution >= 4 is 52.1 Å². The highest BCUT2D eigenvalue weighted by atomic mass is 35.6. The predicted molar refractivity (Wildman–Crippen MR) is 115 cm³/mol. The van der Waals surface area contributed by atoms with Gasteiger partial charge in [0.05, 0.1) is 35.5 Å². The minimum Gasteiger partial charge on any atom is -0.469 e. The number of esters is 1. The van der Waals surface area contributed by atoms with Crippen molar-refractivity contribution in [3.63, 3.8) is 0 Å². The molecule has 0 aliphatic heterocycles. The van der Waals surface area contributed by atoms with Crippen LogP contribution in [-0.2, 0) is 22.4 Å². The number of carbonyl (C=O) groups excluding carboxylic acids is 1. The number of nitrogens with zero attached hydrogens (tertiary/aromatic N) is 2. The first-order chi connectivity index (χ1) is 14.7. The fourth-order valence-corrected chi connectivity index (χ4v) is 2.99. The summed E-state index contributed by atoms with van der Waals surface area (Å²) in [4.78, 5) is 30.5. The molecule has 174 valence electrons. The zero-order valence-electron chi connectivity index (χ0n) is 17.0. The lowest BCUT2D eigenvalue weighted by atomic mass is 10.0. The first kappa shape index (κ1) is 27.5. The molecular formula is C19H17Cl3F2N2O6. The van der Waals surface area contributed by atoms with Crippen molar-refractivity contribution in [2.75, 3.05) is 7.11 Å². The monoisotopic (exact) mass is 512 g/mol. The van der Waals surface area contributed by atoms with Crippen LogP contribution in [0.4, 0.5) is 20.2 Å². The summed E-state index contributed by atoms with van der Waals surface area (Å²) in [6.07, 6.45) is -0.362. The summed E-state index contributed by atoms with van der Waals surface area (Å²) in [6, 6.07) is 4.08. The number of rotatable bonds is 5. The molecule has 0 heterocycles. The van der Waals surface area contributed by atoms with Crippen LogP contribution in [0.5, 0.6) is 0 Å². The van der Waals surface area contributed by atoms with E-state index < -0.39 is 31.2 Å². The van der Waals surface area contributed by atoms with Crippen molar-refractivity contribution in [1.29, 1.82) is 0 Å². The Kier molecular flexibility index (Phi) is 9.74. The van der Waals surface area contributed by atoms with Gasteiger partial charge in [-0.05, 0) is 30.5 Å². The van der Waals surface area contributed by atoms with E-state index in [0.29, 0.717) is 11.1 Å². The second kappa shape index (κ2) is 11.3. The number of aryl methyl sites for hydroxylation is 2. The third kappa shape index (κ3) is 8.18. The van der Waals surface area contributed by atoms with E-state index in [2.05, 4.69) is 4.74 Å². The molecule has 0 saturated carbocycles. The molecule has 13 heteroatoms. The van der Waals surface area contributed by atoms with Crippen LogP contribution in [0.1, 0.15) is 22.3 Å². The summed E-state index contributed by atoms with van der Waals surface area (Å²) in [5.41, 5.74) is 0.393. The lowest BCUT2D eigenvalue weighted by Crippen LogP contribution is -2.10. The molecule has 0 aromatic heterocycles. The smallest absolute Gasteiger partial charge is 0.310 e. The molecule has 0 amide bonds. The van der Waals surface area contributed by atoms with Gasteiger partial charge in [-0.3, -0.25) is 25.0 Å². The number of nitro groups is 2. The fraction of sp³-hybridized carbons (Fsp3) is 0.316. The summed E-state index contributed by atoms with van der Waals surface area (Å²) in [5.74, 6) is -2.09. The van der Waals surface area contributed by atoms with Crippen molar-refractivity contribution in [2.24, 2.45) is 0 Å². The highest BCUT2D eigenvalue weighted by molar-refractivity contribution is 6.67. The number of non-ortho nitro benzene ring substituents is 2. The lowest BCUT2D eigenvalue weighted by molar-refractivity contribution is -0.385. The normalized spacial score (nSPS) is 10.8. The topological polar surface area (TPSA) is 113 Å². The van der Waals surface area contributed by atoms with Gasteiger partial charge in [-0.2, -0.15) is 0 Å². The number of hydrogen-bond acceptors (Lipinski definition) is 6. The molecule has 0 saturated heterocycles. The van der Waals surface area contributed by atoms with E-state index in [1.54, 1.807) is 0 Å². The number of halogens is 5. The highest BCUT2D eigenvalue weighted by Gasteiger charge is 2.25. The van der Waals surface area contributed by atoms with Gasteiger partial charge < -0.3 is 4.74 Å². The zero-order chi connectivity index (χ0) is 24.8. The van der Waals surface area contributed by atoms with Crippen LogP contribution in [-0.4, -0.2) is 26.7 Å². The molecular weight excluding hydrogens is 497 g/mol. The number of carbonyl (C=O) groups is 1. The Morgan fingerprint density at radius 1 is 0.938 bits per heavy atom. The number of nitro benzene ring substituents is 2. The van der Waals surface area contributed by atoms with Gasteiger partial charge in [-0.25, -0.2) is 8.78 Å². The molecule has 0 spiro atoms. The van der Waals surface area contributed by atoms with Crippen LogP contribution in [0.3, 0.4) is 0 Å². The molecule has 2 rings (SSSR count). The summed E-state index contributed by atoms with van der Waals surface area (Å²) in [5, 5.41) is 20.9. The standard InChI is InChI=1S/C10H10FNO4.C9H7Cl3FNO2/c1-6-3-7(12(14)15)4-9(11)8(6)5-10(13)16-2;1-5-2-6(14(15)16)3-8(13)7(5)4-9(10,11)12/h3-4H,5H2,1-2H3;2-3H,4H2,1H3. The van der Waals surface area contributed by atoms with Gasteiger partial charge in [-0.15, -0.1) is 0 Å². The SMILES string of the molecule is COC(=O)Cc1c(C)cc([N+](=O)[O-])cc1F.Cc1cc([N+](=O)[O-])cc(F)c1CC(Cl)(Cl)Cl. The van der Waals surface area contributed by atoms with Crippen LogP contribution >= 0.6 is 34.8 Å². The van der Waals surface area contributed by atoms with E-state index in [-0.39, 0.29) is 35.3 Å². The molecule has 0 bridgehead atoms. The Labute approximate surface area is 196 Å². The van der Waals surface area contributed by atoms with Crippen molar-refractivity contribution in [3.05, 3.63) is 78.4 Å². The molecule has 2 aromatic carbocycles. The molecule has 0 unspecified atom stereocenters. The van der Waals surface area contributed by atoms with Gasteiger partial charge in [0.1, 0.15) is 11.6 Å². The van der Waals surface area contributed by atoms with Crippen molar-refractivity contribution in [2.45, 2.75) is 30.5 Å². The summed E-state index contributed by atoms with van der Waals surface area (Å²) >= 11 is 16.6. The maximum atomic E-state index is 13.5. The molecule has 0 aliphatic rings. The Bertz CT molecular complexity index is 998. The minimum absolute atomic E-state index is 0.123. The third-order valence-electron chi connectivity index (χ3n) is 4.15. The minimum atomic E-state index is -1.62. The quantitative estimate of drug-likeness (QED) is 0.219. The maximum absolute atomic E-state index is 13.5. The average Bonchev–Trinajstić information content (AvgIpc) is 2.66. The molecule has 8 nitrogen and oxygen atoms in total. The number of hydrogen-bond donors (Lipinski definition) is 0. The third-order valence-corrected chi connectivity index (χ3v) is 4.56. The van der Waals surface area contributed by atoms with Gasteiger partial charge in [0, 0.05) is 24.1 Å². The molecule has 32 heavy (non-hydrogen) atoms. The molecule has 0 radical (unpaired) electrons. The summed E-state index contributed by atoms with van der Waals surface area (Å²) < 4.78 is 29.8.